The molecule has 0 bridgehead atoms. The van der Waals surface area contributed by atoms with E-state index >= 15 is 0 Å². The molecule has 0 fully saturated rings. The van der Waals surface area contributed by atoms with E-state index in [1.165, 1.54) is 0 Å². The van der Waals surface area contributed by atoms with Gasteiger partial charge in [0.2, 0.25) is 0 Å². The monoisotopic (exact) mass is 289 g/mol. The third kappa shape index (κ3) is 11.2. The van der Waals surface area contributed by atoms with Crippen LogP contribution < -0.4 is 10.6 Å². The highest BCUT2D eigenvalue weighted by molar-refractivity contribution is 5.88. The van der Waals surface area contributed by atoms with Gasteiger partial charge >= 0.3 is 6.03 Å². The van der Waals surface area contributed by atoms with Gasteiger partial charge in [0.15, 0.2) is 0 Å². The summed E-state index contributed by atoms with van der Waals surface area (Å²) in [6, 6.07) is 5.18. The molecule has 0 spiro atoms. The highest BCUT2D eigenvalue weighted by Gasteiger charge is 2.01. The van der Waals surface area contributed by atoms with E-state index in [-0.39, 0.29) is 6.03 Å². The molecule has 1 heterocycles. The fourth-order valence-electron chi connectivity index (χ4n) is 1.26. The number of aromatic nitrogens is 1. The molecule has 2 N–H and O–H groups in total. The van der Waals surface area contributed by atoms with E-state index in [4.69, 9.17) is 0 Å². The van der Waals surface area contributed by atoms with Gasteiger partial charge in [-0.15, -0.1) is 13.2 Å². The lowest BCUT2D eigenvalue weighted by atomic mass is 10.3. The largest absolute Gasteiger partial charge is 0.334 e. The summed E-state index contributed by atoms with van der Waals surface area (Å²) < 4.78 is 0. The molecule has 0 aliphatic heterocycles. The van der Waals surface area contributed by atoms with Crippen molar-refractivity contribution in [2.24, 2.45) is 0 Å². The maximum atomic E-state index is 11.5. The topological polar surface area (TPSA) is 54.0 Å². The van der Waals surface area contributed by atoms with E-state index in [1.807, 2.05) is 52.0 Å². The second-order valence-corrected chi connectivity index (χ2v) is 3.63. The highest BCUT2D eigenvalue weighted by Crippen LogP contribution is 2.03. The highest BCUT2D eigenvalue weighted by atomic mass is 16.2. The van der Waals surface area contributed by atoms with E-state index in [1.54, 1.807) is 6.07 Å². The maximum Gasteiger partial charge on any atom is 0.320 e. The number of nitrogens with one attached hydrogen (secondary N) is 2. The molecule has 4 nitrogen and oxygen atoms in total. The Morgan fingerprint density at radius 3 is 2.48 bits per heavy atom. The summed E-state index contributed by atoms with van der Waals surface area (Å²) in [4.78, 5) is 15.7. The molecule has 1 aromatic heterocycles. The minimum absolute atomic E-state index is 0.284. The number of hydrogen-bond acceptors (Lipinski definition) is 2. The molecule has 0 radical (unpaired) electrons. The Kier molecular flexibility index (Phi) is 14.0. The number of hydrogen-bond donors (Lipinski definition) is 2. The van der Waals surface area contributed by atoms with E-state index in [2.05, 4.69) is 35.4 Å². The van der Waals surface area contributed by atoms with Crippen LogP contribution in [0.4, 0.5) is 10.6 Å². The van der Waals surface area contributed by atoms with Crippen molar-refractivity contribution in [1.82, 2.24) is 10.3 Å². The molecule has 2 amide bonds. The number of nitrogens with zero attached hydrogens (tertiary/aromatic N) is 1. The Bertz CT molecular complexity index is 453. The summed E-state index contributed by atoms with van der Waals surface area (Å²) in [5, 5.41) is 5.35. The molecule has 1 rings (SSSR count). The molecular formula is C17H27N3O. The van der Waals surface area contributed by atoms with Crippen LogP contribution in [-0.2, 0) is 0 Å². The first kappa shape index (κ1) is 20.9. The van der Waals surface area contributed by atoms with Crippen molar-refractivity contribution in [1.29, 1.82) is 0 Å². The molecule has 0 saturated heterocycles. The zero-order valence-corrected chi connectivity index (χ0v) is 13.6. The molecule has 0 atom stereocenters. The zero-order chi connectivity index (χ0) is 16.7. The maximum absolute atomic E-state index is 11.5. The Morgan fingerprint density at radius 2 is 1.95 bits per heavy atom. The van der Waals surface area contributed by atoms with Crippen LogP contribution in [-0.4, -0.2) is 17.6 Å². The van der Waals surface area contributed by atoms with Gasteiger partial charge in [0, 0.05) is 12.2 Å². The van der Waals surface area contributed by atoms with E-state index in [0.717, 1.165) is 11.3 Å². The Morgan fingerprint density at radius 1 is 1.33 bits per heavy atom. The average Bonchev–Trinajstić information content (AvgIpc) is 2.50. The second-order valence-electron chi connectivity index (χ2n) is 3.63. The second kappa shape index (κ2) is 14.1. The predicted molar refractivity (Wildman–Crippen MR) is 92.6 cm³/mol. The lowest BCUT2D eigenvalue weighted by molar-refractivity contribution is 0.253. The smallest absolute Gasteiger partial charge is 0.320 e. The standard InChI is InChI=1S/C13H17N3O.C2H6.C2H4/c1-4-6-10(2)9-14-13(17)16-12-8-5-7-11(3)15-12;2*1-2/h4-8H,2,9H2,1,3H3,(H2,14,15,16,17);1-2H3;1-2H2/b6-4-;;. The molecular weight excluding hydrogens is 262 g/mol. The third-order valence-electron chi connectivity index (χ3n) is 2.01. The normalized spacial score (nSPS) is 8.76. The summed E-state index contributed by atoms with van der Waals surface area (Å²) >= 11 is 0. The molecule has 21 heavy (non-hydrogen) atoms. The Balaban J connectivity index is 0. The van der Waals surface area contributed by atoms with Gasteiger partial charge < -0.3 is 5.32 Å². The average molecular weight is 289 g/mol. The van der Waals surface area contributed by atoms with Crippen LogP contribution in [0.3, 0.4) is 0 Å². The Hall–Kier alpha value is -2.36. The van der Waals surface area contributed by atoms with Gasteiger partial charge in [-0.3, -0.25) is 5.32 Å². The molecule has 0 unspecified atom stereocenters. The van der Waals surface area contributed by atoms with Gasteiger partial charge in [-0.05, 0) is 31.6 Å². The number of carbonyl (C=O) groups is 1. The van der Waals surface area contributed by atoms with Crippen LogP contribution >= 0.6 is 0 Å². The van der Waals surface area contributed by atoms with Crippen LogP contribution in [0.25, 0.3) is 0 Å². The van der Waals surface area contributed by atoms with Gasteiger partial charge in [0.25, 0.3) is 0 Å². The van der Waals surface area contributed by atoms with Crippen molar-refractivity contribution in [3.63, 3.8) is 0 Å². The molecule has 0 aromatic carbocycles. The summed E-state index contributed by atoms with van der Waals surface area (Å²) in [5.41, 5.74) is 1.71. The van der Waals surface area contributed by atoms with Gasteiger partial charge in [-0.2, -0.15) is 0 Å². The SMILES string of the molecule is C=C.C=C(/C=C\C)CNC(=O)Nc1cccc(C)n1.CC. The number of anilines is 1. The number of amides is 2. The molecule has 0 aliphatic rings. The predicted octanol–water partition coefficient (Wildman–Crippen LogP) is 4.47. The van der Waals surface area contributed by atoms with Crippen LogP contribution in [0.2, 0.25) is 0 Å². The molecule has 0 aliphatic carbocycles. The van der Waals surface area contributed by atoms with Crippen LogP contribution in [0.5, 0.6) is 0 Å². The van der Waals surface area contributed by atoms with E-state index in [0.29, 0.717) is 12.4 Å². The molecule has 4 heteroatoms. The lowest BCUT2D eigenvalue weighted by Crippen LogP contribution is -2.30. The zero-order valence-electron chi connectivity index (χ0n) is 13.6. The van der Waals surface area contributed by atoms with Gasteiger partial charge in [0.05, 0.1) is 0 Å². The number of carbonyl (C=O) groups excluding carboxylic acids is 1. The van der Waals surface area contributed by atoms with E-state index < -0.39 is 0 Å². The van der Waals surface area contributed by atoms with Crippen molar-refractivity contribution < 1.29 is 4.79 Å². The van der Waals surface area contributed by atoms with Crippen LogP contribution in [0.15, 0.2) is 55.7 Å². The van der Waals surface area contributed by atoms with Crippen molar-refractivity contribution in [2.75, 3.05) is 11.9 Å². The fourth-order valence-corrected chi connectivity index (χ4v) is 1.26. The van der Waals surface area contributed by atoms with Gasteiger partial charge in [-0.25, -0.2) is 9.78 Å². The number of aryl methyl sites for hydroxylation is 1. The molecule has 0 saturated carbocycles. The summed E-state index contributed by atoms with van der Waals surface area (Å²) in [6.07, 6.45) is 3.73. The molecule has 1 aromatic rings. The van der Waals surface area contributed by atoms with Gasteiger partial charge in [0.1, 0.15) is 5.82 Å². The minimum atomic E-state index is -0.284. The molecule has 116 valence electrons. The third-order valence-corrected chi connectivity index (χ3v) is 2.01. The summed E-state index contributed by atoms with van der Waals surface area (Å²) in [7, 11) is 0. The van der Waals surface area contributed by atoms with Crippen molar-refractivity contribution in [2.45, 2.75) is 27.7 Å². The van der Waals surface area contributed by atoms with Gasteiger partial charge in [-0.1, -0.05) is 38.6 Å². The lowest BCUT2D eigenvalue weighted by Gasteiger charge is -2.07. The summed E-state index contributed by atoms with van der Waals surface area (Å²) in [5.74, 6) is 0.541. The first-order valence-electron chi connectivity index (χ1n) is 6.91. The first-order valence-corrected chi connectivity index (χ1v) is 6.91. The van der Waals surface area contributed by atoms with Crippen molar-refractivity contribution in [3.8, 4) is 0 Å². The number of pyridine rings is 1. The van der Waals surface area contributed by atoms with E-state index in [9.17, 15) is 4.79 Å². The Labute approximate surface area is 128 Å². The first-order chi connectivity index (χ1) is 10.1. The number of urea groups is 1. The number of allylic oxidation sites excluding steroid dienone is 1. The number of rotatable bonds is 4. The van der Waals surface area contributed by atoms with Crippen molar-refractivity contribution >= 4 is 11.8 Å². The fraction of sp³-hybridized carbons (Fsp3) is 0.294. The summed E-state index contributed by atoms with van der Waals surface area (Å²) in [6.45, 7) is 18.0. The van der Waals surface area contributed by atoms with Crippen LogP contribution in [0.1, 0.15) is 26.5 Å². The minimum Gasteiger partial charge on any atom is -0.334 e. The van der Waals surface area contributed by atoms with Crippen LogP contribution in [0, 0.1) is 6.92 Å². The quantitative estimate of drug-likeness (QED) is 0.634. The van der Waals surface area contributed by atoms with Crippen molar-refractivity contribution in [3.05, 3.63) is 61.4 Å².